The van der Waals surface area contributed by atoms with Crippen molar-refractivity contribution in [3.8, 4) is 5.75 Å². The second-order valence-electron chi connectivity index (χ2n) is 11.5. The predicted octanol–water partition coefficient (Wildman–Crippen LogP) is 5.34. The Kier molecular flexibility index (Phi) is 9.38. The number of nitrogens with zero attached hydrogens (tertiary/aromatic N) is 2. The fourth-order valence-corrected chi connectivity index (χ4v) is 6.61. The van der Waals surface area contributed by atoms with Crippen molar-refractivity contribution in [2.45, 2.75) is 44.9 Å². The number of H-pyrrole nitrogens is 1. The van der Waals surface area contributed by atoms with Gasteiger partial charge in [0, 0.05) is 49.5 Å². The molecule has 3 aromatic carbocycles. The first kappa shape index (κ1) is 33.2. The topological polar surface area (TPSA) is 186 Å². The van der Waals surface area contributed by atoms with Crippen molar-refractivity contribution >= 4 is 49.3 Å². The van der Waals surface area contributed by atoms with Crippen LogP contribution < -0.4 is 21.4 Å². The molecule has 3 atom stereocenters. The van der Waals surface area contributed by atoms with E-state index in [1.165, 1.54) is 40.3 Å². The van der Waals surface area contributed by atoms with E-state index in [9.17, 15) is 34.1 Å². The number of esters is 1. The van der Waals surface area contributed by atoms with E-state index in [0.717, 1.165) is 15.5 Å². The number of nitro benzene ring substituents is 1. The molecule has 1 N–H and O–H groups in total. The van der Waals surface area contributed by atoms with E-state index in [0.29, 0.717) is 29.2 Å². The zero-order chi connectivity index (χ0) is 34.8. The van der Waals surface area contributed by atoms with Crippen LogP contribution in [0.2, 0.25) is 0 Å². The minimum Gasteiger partial charge on any atom is -0.434 e. The Labute approximate surface area is 280 Å². The maximum absolute atomic E-state index is 13.0. The van der Waals surface area contributed by atoms with Crippen LogP contribution in [0.25, 0.3) is 20.2 Å². The molecule has 252 valence electrons. The number of aryl methyl sites for hydroxylation is 1. The molecule has 2 aromatic heterocycles. The molecule has 14 nitrogen and oxygen atoms in total. The molecule has 0 bridgehead atoms. The molecular formula is C34H29N3O11S. The summed E-state index contributed by atoms with van der Waals surface area (Å²) in [6.45, 7) is 2.78. The molecule has 3 unspecified atom stereocenters. The Balaban J connectivity index is 1.05. The lowest BCUT2D eigenvalue weighted by atomic mass is 9.98. The van der Waals surface area contributed by atoms with Crippen molar-refractivity contribution in [2.75, 3.05) is 13.2 Å². The molecule has 0 aliphatic carbocycles. The summed E-state index contributed by atoms with van der Waals surface area (Å²) in [5.74, 6) is -1.38. The molecule has 0 amide bonds. The smallest absolute Gasteiger partial charge is 0.434 e. The molecule has 0 saturated carbocycles. The summed E-state index contributed by atoms with van der Waals surface area (Å²) < 4.78 is 24.5. The second-order valence-corrected chi connectivity index (χ2v) is 12.6. The van der Waals surface area contributed by atoms with Crippen LogP contribution in [0, 0.1) is 17.0 Å². The fourth-order valence-electron chi connectivity index (χ4n) is 5.56. The Morgan fingerprint density at radius 1 is 1.04 bits per heavy atom. The lowest BCUT2D eigenvalue weighted by Crippen LogP contribution is -2.33. The molecule has 1 aliphatic heterocycles. The number of nitrogens with one attached hydrogen (secondary N) is 1. The van der Waals surface area contributed by atoms with Crippen LogP contribution in [0.4, 0.5) is 10.5 Å². The van der Waals surface area contributed by atoms with Gasteiger partial charge in [0.1, 0.15) is 25.2 Å². The molecule has 1 fully saturated rings. The van der Waals surface area contributed by atoms with Gasteiger partial charge in [-0.25, -0.2) is 14.4 Å². The highest BCUT2D eigenvalue weighted by Crippen LogP contribution is 2.31. The summed E-state index contributed by atoms with van der Waals surface area (Å²) in [6, 6.07) is 15.8. The van der Waals surface area contributed by atoms with Crippen LogP contribution in [0.5, 0.6) is 5.75 Å². The summed E-state index contributed by atoms with van der Waals surface area (Å²) in [6.07, 6.45) is 0.200. The van der Waals surface area contributed by atoms with Gasteiger partial charge in [-0.15, -0.1) is 11.3 Å². The van der Waals surface area contributed by atoms with E-state index in [2.05, 4.69) is 4.98 Å². The summed E-state index contributed by atoms with van der Waals surface area (Å²) >= 11 is 1.43. The van der Waals surface area contributed by atoms with Gasteiger partial charge in [-0.1, -0.05) is 25.1 Å². The third kappa shape index (κ3) is 7.12. The van der Waals surface area contributed by atoms with E-state index in [1.807, 2.05) is 12.1 Å². The number of hydrogen-bond acceptors (Lipinski definition) is 12. The van der Waals surface area contributed by atoms with Gasteiger partial charge >= 0.3 is 17.8 Å². The molecule has 3 heterocycles. The quantitative estimate of drug-likeness (QED) is 0.0694. The van der Waals surface area contributed by atoms with Crippen molar-refractivity contribution < 1.29 is 33.5 Å². The van der Waals surface area contributed by atoms with Crippen molar-refractivity contribution in [1.82, 2.24) is 9.55 Å². The van der Waals surface area contributed by atoms with Crippen LogP contribution in [-0.4, -0.2) is 45.9 Å². The Morgan fingerprint density at radius 3 is 2.61 bits per heavy atom. The Morgan fingerprint density at radius 2 is 1.82 bits per heavy atom. The standard InChI is InChI=1S/C34H29N3O11S/c1-18-15-36(33(41)35-31(18)39)29-12-9-22(47-29)17-46-34(42)45-16-19(2)23-10-7-20(13-26(23)37(43)44)32(40)48-21-8-11-28-25(14-21)30(38)24-5-3-4-6-27(24)49-28/h3-8,10-11,13-15,19,22,29H,9,12,16-17H2,1-2H3,(H,35,39,41). The molecule has 15 heteroatoms. The summed E-state index contributed by atoms with van der Waals surface area (Å²) in [5, 5.41) is 12.9. The molecule has 0 spiro atoms. The Hall–Kier alpha value is -5.67. The van der Waals surface area contributed by atoms with E-state index < -0.39 is 46.5 Å². The van der Waals surface area contributed by atoms with Crippen LogP contribution in [0.1, 0.15) is 53.4 Å². The number of ether oxygens (including phenoxy) is 4. The lowest BCUT2D eigenvalue weighted by Gasteiger charge is -2.17. The predicted molar refractivity (Wildman–Crippen MR) is 179 cm³/mol. The van der Waals surface area contributed by atoms with Crippen LogP contribution >= 0.6 is 11.3 Å². The van der Waals surface area contributed by atoms with Gasteiger partial charge in [0.25, 0.3) is 11.2 Å². The summed E-state index contributed by atoms with van der Waals surface area (Å²) in [4.78, 5) is 75.7. The molecule has 6 rings (SSSR count). The number of nitro groups is 1. The minimum atomic E-state index is -1.01. The number of carbonyl (C=O) groups is 2. The van der Waals surface area contributed by atoms with Crippen molar-refractivity contribution in [3.05, 3.63) is 125 Å². The molecule has 5 aromatic rings. The third-order valence-corrected chi connectivity index (χ3v) is 9.28. The minimum absolute atomic E-state index is 0.0825. The SMILES string of the molecule is Cc1cn(C2CCC(COC(=O)OCC(C)c3ccc(C(=O)Oc4ccc5sc6ccccc6c(=O)c5c4)cc3[N+](=O)[O-])O2)c(=O)[nH]c1=O. The first-order valence-corrected chi connectivity index (χ1v) is 16.0. The second kappa shape index (κ2) is 13.8. The van der Waals surface area contributed by atoms with Gasteiger partial charge in [-0.2, -0.15) is 0 Å². The number of fused-ring (bicyclic) bond motifs is 2. The van der Waals surface area contributed by atoms with Gasteiger partial charge in [0.15, 0.2) is 5.43 Å². The van der Waals surface area contributed by atoms with Gasteiger partial charge in [0.05, 0.1) is 16.6 Å². The average Bonchev–Trinajstić information content (AvgIpc) is 3.56. The van der Waals surface area contributed by atoms with E-state index in [1.54, 1.807) is 38.1 Å². The molecular weight excluding hydrogens is 658 g/mol. The first-order valence-electron chi connectivity index (χ1n) is 15.2. The van der Waals surface area contributed by atoms with Crippen molar-refractivity contribution in [1.29, 1.82) is 0 Å². The highest BCUT2D eigenvalue weighted by atomic mass is 32.1. The van der Waals surface area contributed by atoms with Crippen molar-refractivity contribution in [2.24, 2.45) is 0 Å². The zero-order valence-corrected chi connectivity index (χ0v) is 27.0. The number of rotatable bonds is 9. The highest BCUT2D eigenvalue weighted by Gasteiger charge is 2.29. The maximum Gasteiger partial charge on any atom is 0.508 e. The van der Waals surface area contributed by atoms with E-state index in [4.69, 9.17) is 18.9 Å². The maximum atomic E-state index is 13.0. The van der Waals surface area contributed by atoms with Gasteiger partial charge in [-0.3, -0.25) is 29.3 Å². The Bertz CT molecular complexity index is 2290. The largest absolute Gasteiger partial charge is 0.508 e. The number of benzene rings is 3. The first-order chi connectivity index (χ1) is 23.5. The highest BCUT2D eigenvalue weighted by molar-refractivity contribution is 7.24. The molecule has 1 saturated heterocycles. The normalized spacial score (nSPS) is 16.4. The third-order valence-electron chi connectivity index (χ3n) is 8.13. The number of carbonyl (C=O) groups excluding carboxylic acids is 2. The monoisotopic (exact) mass is 687 g/mol. The van der Waals surface area contributed by atoms with Crippen molar-refractivity contribution in [3.63, 3.8) is 0 Å². The molecule has 0 radical (unpaired) electrons. The van der Waals surface area contributed by atoms with E-state index in [-0.39, 0.29) is 41.2 Å². The number of hydrogen-bond donors (Lipinski definition) is 1. The number of aromatic amines is 1. The molecule has 1 aliphatic rings. The van der Waals surface area contributed by atoms with Gasteiger partial charge in [-0.05, 0) is 56.2 Å². The lowest BCUT2D eigenvalue weighted by molar-refractivity contribution is -0.385. The zero-order valence-electron chi connectivity index (χ0n) is 26.2. The van der Waals surface area contributed by atoms with Gasteiger partial charge in [0.2, 0.25) is 0 Å². The summed E-state index contributed by atoms with van der Waals surface area (Å²) in [7, 11) is 0. The average molecular weight is 688 g/mol. The van der Waals surface area contributed by atoms with Crippen LogP contribution in [-0.2, 0) is 14.2 Å². The van der Waals surface area contributed by atoms with Crippen LogP contribution in [0.15, 0.2) is 81.2 Å². The number of aromatic nitrogens is 2. The van der Waals surface area contributed by atoms with E-state index >= 15 is 0 Å². The molecule has 49 heavy (non-hydrogen) atoms. The summed E-state index contributed by atoms with van der Waals surface area (Å²) in [5.41, 5.74) is -1.16. The fraction of sp³-hybridized carbons (Fsp3) is 0.265. The van der Waals surface area contributed by atoms with Crippen LogP contribution in [0.3, 0.4) is 0 Å². The van der Waals surface area contributed by atoms with Gasteiger partial charge < -0.3 is 18.9 Å².